The Morgan fingerprint density at radius 1 is 1.41 bits per heavy atom. The molecule has 1 aliphatic heterocycles. The predicted octanol–water partition coefficient (Wildman–Crippen LogP) is 3.51. The van der Waals surface area contributed by atoms with E-state index in [1.165, 1.54) is 18.6 Å². The zero-order chi connectivity index (χ0) is 12.0. The summed E-state index contributed by atoms with van der Waals surface area (Å²) in [5, 5.41) is 10.8. The topological polar surface area (TPSA) is 55.5 Å². The molecule has 17 heavy (non-hydrogen) atoms. The molecule has 4 heteroatoms. The van der Waals surface area contributed by atoms with Gasteiger partial charge in [0.25, 0.3) is 5.69 Å². The van der Waals surface area contributed by atoms with E-state index in [2.05, 4.69) is 11.9 Å². The lowest BCUT2D eigenvalue weighted by Gasteiger charge is -2.31. The molecule has 0 bridgehead atoms. The van der Waals surface area contributed by atoms with Crippen molar-refractivity contribution in [2.75, 3.05) is 0 Å². The molecule has 0 aromatic heterocycles. The van der Waals surface area contributed by atoms with Crippen molar-refractivity contribution in [1.82, 2.24) is 0 Å². The van der Waals surface area contributed by atoms with Gasteiger partial charge in [0.2, 0.25) is 0 Å². The van der Waals surface area contributed by atoms with Gasteiger partial charge >= 0.3 is 0 Å². The molecule has 0 radical (unpaired) electrons. The Morgan fingerprint density at radius 2 is 2.24 bits per heavy atom. The van der Waals surface area contributed by atoms with Gasteiger partial charge in [-0.25, -0.2) is 0 Å². The number of hydrogen-bond donors (Lipinski definition) is 0. The lowest BCUT2D eigenvalue weighted by Crippen LogP contribution is -2.32. The first-order valence-electron chi connectivity index (χ1n) is 5.98. The van der Waals surface area contributed by atoms with Crippen LogP contribution in [0.3, 0.4) is 0 Å². The minimum absolute atomic E-state index is 0.0559. The number of nitro groups is 1. The van der Waals surface area contributed by atoms with Gasteiger partial charge in [-0.3, -0.25) is 15.1 Å². The zero-order valence-corrected chi connectivity index (χ0v) is 9.77. The summed E-state index contributed by atoms with van der Waals surface area (Å²) in [6.45, 7) is 2.17. The highest BCUT2D eigenvalue weighted by Gasteiger charge is 2.41. The molecule has 1 saturated carbocycles. The predicted molar refractivity (Wildman–Crippen MR) is 66.0 cm³/mol. The zero-order valence-electron chi connectivity index (χ0n) is 9.77. The van der Waals surface area contributed by atoms with Crippen LogP contribution in [0.25, 0.3) is 0 Å². The van der Waals surface area contributed by atoms with Crippen LogP contribution >= 0.6 is 0 Å². The van der Waals surface area contributed by atoms with Crippen LogP contribution in [0.15, 0.2) is 23.2 Å². The van der Waals surface area contributed by atoms with Crippen molar-refractivity contribution >= 4 is 17.1 Å². The Labute approximate surface area is 99.5 Å². The summed E-state index contributed by atoms with van der Waals surface area (Å²) < 4.78 is 0. The molecule has 1 aromatic rings. The third-order valence-electron chi connectivity index (χ3n) is 4.02. The largest absolute Gasteiger partial charge is 0.269 e. The number of hydrogen-bond acceptors (Lipinski definition) is 3. The summed E-state index contributed by atoms with van der Waals surface area (Å²) in [5.41, 5.74) is 3.29. The Hall–Kier alpha value is -1.71. The molecule has 1 fully saturated rings. The van der Waals surface area contributed by atoms with Crippen molar-refractivity contribution < 1.29 is 4.92 Å². The van der Waals surface area contributed by atoms with E-state index in [0.29, 0.717) is 0 Å². The van der Waals surface area contributed by atoms with Gasteiger partial charge in [0.1, 0.15) is 0 Å². The monoisotopic (exact) mass is 230 g/mol. The lowest BCUT2D eigenvalue weighted by molar-refractivity contribution is -0.384. The molecule has 0 saturated heterocycles. The van der Waals surface area contributed by atoms with E-state index < -0.39 is 0 Å². The Bertz CT molecular complexity index is 536. The highest BCUT2D eigenvalue weighted by atomic mass is 16.6. The first-order chi connectivity index (χ1) is 8.11. The second-order valence-electron chi connectivity index (χ2n) is 5.06. The fourth-order valence-corrected chi connectivity index (χ4v) is 2.98. The van der Waals surface area contributed by atoms with Crippen LogP contribution in [-0.2, 0) is 5.41 Å². The van der Waals surface area contributed by atoms with E-state index in [4.69, 9.17) is 0 Å². The highest BCUT2D eigenvalue weighted by molar-refractivity contribution is 6.02. The first kappa shape index (κ1) is 10.4. The van der Waals surface area contributed by atoms with Crippen molar-refractivity contribution in [3.8, 4) is 0 Å². The van der Waals surface area contributed by atoms with Gasteiger partial charge in [0.15, 0.2) is 0 Å². The molecule has 3 rings (SSSR count). The van der Waals surface area contributed by atoms with E-state index in [1.807, 2.05) is 0 Å². The second-order valence-corrected chi connectivity index (χ2v) is 5.06. The number of nitrogens with zero attached hydrogens (tertiary/aromatic N) is 2. The van der Waals surface area contributed by atoms with Crippen molar-refractivity contribution in [1.29, 1.82) is 0 Å². The fraction of sp³-hybridized carbons (Fsp3) is 0.462. The van der Waals surface area contributed by atoms with Crippen LogP contribution in [0.2, 0.25) is 0 Å². The van der Waals surface area contributed by atoms with Crippen LogP contribution < -0.4 is 0 Å². The van der Waals surface area contributed by atoms with Crippen LogP contribution in [-0.4, -0.2) is 10.6 Å². The highest BCUT2D eigenvalue weighted by Crippen LogP contribution is 2.47. The van der Waals surface area contributed by atoms with Crippen LogP contribution in [0, 0.1) is 10.1 Å². The Morgan fingerprint density at radius 3 is 3.00 bits per heavy atom. The molecule has 2 aliphatic rings. The third-order valence-corrected chi connectivity index (χ3v) is 4.02. The van der Waals surface area contributed by atoms with Crippen molar-refractivity contribution in [2.24, 2.45) is 4.99 Å². The number of non-ortho nitro benzene ring substituents is 1. The number of benzene rings is 1. The molecule has 1 atom stereocenters. The lowest BCUT2D eigenvalue weighted by atomic mass is 9.71. The SMILES string of the molecule is C[C@@]12CCCCC1=Nc1ccc([N+](=O)[O-])cc12. The van der Waals surface area contributed by atoms with Gasteiger partial charge in [0.05, 0.1) is 10.6 Å². The molecule has 0 unspecified atom stereocenters. The molecule has 1 aromatic carbocycles. The van der Waals surface area contributed by atoms with Crippen LogP contribution in [0.1, 0.15) is 38.2 Å². The molecule has 0 spiro atoms. The number of fused-ring (bicyclic) bond motifs is 3. The standard InChI is InChI=1S/C13H14N2O2/c1-13-7-3-2-4-12(13)14-11-6-5-9(15(16)17)8-10(11)13/h5-6,8H,2-4,7H2,1H3/t13-/m0/s1. The fourth-order valence-electron chi connectivity index (χ4n) is 2.98. The molecule has 0 N–H and O–H groups in total. The number of rotatable bonds is 1. The Kier molecular flexibility index (Phi) is 2.08. The third kappa shape index (κ3) is 1.40. The maximum Gasteiger partial charge on any atom is 0.269 e. The molecule has 0 amide bonds. The van der Waals surface area contributed by atoms with Crippen molar-refractivity contribution in [3.05, 3.63) is 33.9 Å². The van der Waals surface area contributed by atoms with Crippen molar-refractivity contribution in [2.45, 2.75) is 38.0 Å². The van der Waals surface area contributed by atoms with Gasteiger partial charge < -0.3 is 0 Å². The molecule has 1 heterocycles. The summed E-state index contributed by atoms with van der Waals surface area (Å²) in [5.74, 6) is 0. The van der Waals surface area contributed by atoms with E-state index in [0.717, 1.165) is 24.1 Å². The Balaban J connectivity index is 2.14. The maximum absolute atomic E-state index is 10.8. The van der Waals surface area contributed by atoms with E-state index in [9.17, 15) is 10.1 Å². The smallest absolute Gasteiger partial charge is 0.258 e. The van der Waals surface area contributed by atoms with Crippen molar-refractivity contribution in [3.63, 3.8) is 0 Å². The van der Waals surface area contributed by atoms with Gasteiger partial charge in [-0.1, -0.05) is 13.3 Å². The minimum Gasteiger partial charge on any atom is -0.258 e. The second kappa shape index (κ2) is 3.39. The van der Waals surface area contributed by atoms with E-state index in [-0.39, 0.29) is 16.0 Å². The average molecular weight is 230 g/mol. The quantitative estimate of drug-likeness (QED) is 0.547. The molecule has 88 valence electrons. The molecule has 1 aliphatic carbocycles. The number of nitro benzene ring substituents is 1. The van der Waals surface area contributed by atoms with Crippen LogP contribution in [0.5, 0.6) is 0 Å². The normalized spacial score (nSPS) is 26.1. The van der Waals surface area contributed by atoms with E-state index >= 15 is 0 Å². The van der Waals surface area contributed by atoms with E-state index in [1.54, 1.807) is 18.2 Å². The van der Waals surface area contributed by atoms with Gasteiger partial charge in [0, 0.05) is 23.3 Å². The summed E-state index contributed by atoms with van der Waals surface area (Å²) >= 11 is 0. The van der Waals surface area contributed by atoms with Crippen LogP contribution in [0.4, 0.5) is 11.4 Å². The summed E-state index contributed by atoms with van der Waals surface area (Å²) in [6, 6.07) is 5.03. The summed E-state index contributed by atoms with van der Waals surface area (Å²) in [6.07, 6.45) is 4.45. The maximum atomic E-state index is 10.8. The summed E-state index contributed by atoms with van der Waals surface area (Å²) in [7, 11) is 0. The van der Waals surface area contributed by atoms with Gasteiger partial charge in [-0.05, 0) is 30.9 Å². The van der Waals surface area contributed by atoms with Gasteiger partial charge in [-0.2, -0.15) is 0 Å². The average Bonchev–Trinajstić information content (AvgIpc) is 2.61. The number of aliphatic imine (C=N–C) groups is 1. The first-order valence-corrected chi connectivity index (χ1v) is 5.98. The minimum atomic E-state index is -0.329. The van der Waals surface area contributed by atoms with Gasteiger partial charge in [-0.15, -0.1) is 0 Å². The molecular formula is C13H14N2O2. The summed E-state index contributed by atoms with van der Waals surface area (Å²) in [4.78, 5) is 15.1. The molecule has 4 nitrogen and oxygen atoms in total. The molecular weight excluding hydrogens is 216 g/mol.